The summed E-state index contributed by atoms with van der Waals surface area (Å²) in [4.78, 5) is 18.9. The van der Waals surface area contributed by atoms with Crippen molar-refractivity contribution in [2.75, 3.05) is 19.6 Å². The Bertz CT molecular complexity index is 624. The molecule has 1 N–H and O–H groups in total. The number of likely N-dealkylation sites (N-methyl/N-ethyl adjacent to an activating group) is 1. The van der Waals surface area contributed by atoms with Crippen molar-refractivity contribution in [1.29, 1.82) is 0 Å². The number of carbonyl (C=O) groups excluding carboxylic acids is 1. The molecule has 3 rings (SSSR count). The topological polar surface area (TPSA) is 58.4 Å². The van der Waals surface area contributed by atoms with E-state index in [1.54, 1.807) is 0 Å². The minimum Gasteiger partial charge on any atom is -0.444 e. The van der Waals surface area contributed by atoms with Crippen LogP contribution in [0, 0.1) is 0 Å². The van der Waals surface area contributed by atoms with Gasteiger partial charge in [0.25, 0.3) is 5.91 Å². The number of nitrogens with one attached hydrogen (secondary N) is 1. The fourth-order valence-corrected chi connectivity index (χ4v) is 2.94. The van der Waals surface area contributed by atoms with Crippen LogP contribution >= 0.6 is 0 Å². The molecule has 1 aromatic carbocycles. The van der Waals surface area contributed by atoms with Crippen LogP contribution in [-0.2, 0) is 0 Å². The summed E-state index contributed by atoms with van der Waals surface area (Å²) in [5, 5.41) is 2.97. The molecule has 0 radical (unpaired) electrons. The second-order valence-electron chi connectivity index (χ2n) is 5.54. The van der Waals surface area contributed by atoms with Crippen LogP contribution in [0.1, 0.15) is 30.3 Å². The number of carbonyl (C=O) groups is 1. The predicted octanol–water partition coefficient (Wildman–Crippen LogP) is 2.56. The van der Waals surface area contributed by atoms with Gasteiger partial charge in [-0.05, 0) is 38.1 Å². The summed E-state index contributed by atoms with van der Waals surface area (Å²) in [5.74, 6) is 0.302. The molecule has 0 saturated carbocycles. The van der Waals surface area contributed by atoms with Crippen molar-refractivity contribution < 1.29 is 9.21 Å². The maximum Gasteiger partial charge on any atom is 0.273 e. The lowest BCUT2D eigenvalue weighted by atomic mass is 10.2. The lowest BCUT2D eigenvalue weighted by Gasteiger charge is -2.22. The summed E-state index contributed by atoms with van der Waals surface area (Å²) in [6.45, 7) is 4.98. The average Bonchev–Trinajstić information content (AvgIpc) is 3.22. The van der Waals surface area contributed by atoms with Crippen molar-refractivity contribution in [2.24, 2.45) is 0 Å². The summed E-state index contributed by atoms with van der Waals surface area (Å²) in [5.41, 5.74) is 1.20. The molecule has 116 valence electrons. The zero-order chi connectivity index (χ0) is 15.4. The fourth-order valence-electron chi connectivity index (χ4n) is 2.94. The third kappa shape index (κ3) is 3.20. The van der Waals surface area contributed by atoms with Gasteiger partial charge in [0.15, 0.2) is 5.69 Å². The van der Waals surface area contributed by atoms with Crippen LogP contribution in [0.25, 0.3) is 11.5 Å². The molecule has 1 aliphatic rings. The summed E-state index contributed by atoms with van der Waals surface area (Å²) in [6.07, 6.45) is 3.77. The Morgan fingerprint density at radius 1 is 1.41 bits per heavy atom. The normalized spacial score (nSPS) is 18.5. The zero-order valence-corrected chi connectivity index (χ0v) is 12.8. The minimum absolute atomic E-state index is 0.172. The second kappa shape index (κ2) is 6.75. The lowest BCUT2D eigenvalue weighted by Crippen LogP contribution is -2.40. The van der Waals surface area contributed by atoms with Gasteiger partial charge in [0, 0.05) is 18.2 Å². The molecule has 1 amide bonds. The number of aromatic nitrogens is 1. The number of hydrogen-bond acceptors (Lipinski definition) is 4. The van der Waals surface area contributed by atoms with E-state index in [0.29, 0.717) is 24.2 Å². The predicted molar refractivity (Wildman–Crippen MR) is 84.5 cm³/mol. The summed E-state index contributed by atoms with van der Waals surface area (Å²) in [6, 6.07) is 10.0. The molecule has 2 aromatic rings. The number of oxazole rings is 1. The van der Waals surface area contributed by atoms with Gasteiger partial charge in [-0.1, -0.05) is 25.1 Å². The van der Waals surface area contributed by atoms with E-state index in [0.717, 1.165) is 25.1 Å². The minimum atomic E-state index is -0.172. The molecular formula is C17H21N3O2. The van der Waals surface area contributed by atoms with Crippen LogP contribution in [0.4, 0.5) is 0 Å². The van der Waals surface area contributed by atoms with Gasteiger partial charge in [-0.25, -0.2) is 4.98 Å². The molecule has 0 spiro atoms. The van der Waals surface area contributed by atoms with Gasteiger partial charge < -0.3 is 9.73 Å². The SMILES string of the molecule is CCN1CCCC1CNC(=O)c1coc(-c2ccccc2)n1. The third-order valence-electron chi connectivity index (χ3n) is 4.16. The van der Waals surface area contributed by atoms with Gasteiger partial charge in [0.05, 0.1) is 0 Å². The van der Waals surface area contributed by atoms with E-state index in [9.17, 15) is 4.79 Å². The van der Waals surface area contributed by atoms with Gasteiger partial charge in [0.1, 0.15) is 6.26 Å². The highest BCUT2D eigenvalue weighted by atomic mass is 16.3. The number of likely N-dealkylation sites (tertiary alicyclic amines) is 1. The standard InChI is InChI=1S/C17H21N3O2/c1-2-20-10-6-9-14(20)11-18-16(21)15-12-22-17(19-15)13-7-4-3-5-8-13/h3-5,7-8,12,14H,2,6,9-11H2,1H3,(H,18,21). The Kier molecular flexibility index (Phi) is 4.53. The number of hydrogen-bond donors (Lipinski definition) is 1. The van der Waals surface area contributed by atoms with Crippen molar-refractivity contribution in [3.8, 4) is 11.5 Å². The second-order valence-corrected chi connectivity index (χ2v) is 5.54. The fraction of sp³-hybridized carbons (Fsp3) is 0.412. The quantitative estimate of drug-likeness (QED) is 0.922. The highest BCUT2D eigenvalue weighted by Crippen LogP contribution is 2.18. The molecule has 1 aliphatic heterocycles. The number of nitrogens with zero attached hydrogens (tertiary/aromatic N) is 2. The first-order valence-electron chi connectivity index (χ1n) is 7.81. The van der Waals surface area contributed by atoms with E-state index in [4.69, 9.17) is 4.42 Å². The highest BCUT2D eigenvalue weighted by molar-refractivity contribution is 5.92. The Morgan fingerprint density at radius 2 is 2.23 bits per heavy atom. The van der Waals surface area contributed by atoms with Crippen LogP contribution in [0.2, 0.25) is 0 Å². The molecule has 1 unspecified atom stereocenters. The molecule has 1 saturated heterocycles. The average molecular weight is 299 g/mol. The molecule has 0 aliphatic carbocycles. The summed E-state index contributed by atoms with van der Waals surface area (Å²) < 4.78 is 5.40. The summed E-state index contributed by atoms with van der Waals surface area (Å²) in [7, 11) is 0. The van der Waals surface area contributed by atoms with Crippen molar-refractivity contribution in [3.63, 3.8) is 0 Å². The van der Waals surface area contributed by atoms with Gasteiger partial charge in [-0.15, -0.1) is 0 Å². The Labute approximate surface area is 130 Å². The first-order valence-corrected chi connectivity index (χ1v) is 7.81. The third-order valence-corrected chi connectivity index (χ3v) is 4.16. The van der Waals surface area contributed by atoms with Crippen LogP contribution in [0.3, 0.4) is 0 Å². The molecule has 22 heavy (non-hydrogen) atoms. The Hall–Kier alpha value is -2.14. The van der Waals surface area contributed by atoms with Gasteiger partial charge in [-0.3, -0.25) is 9.69 Å². The molecule has 1 fully saturated rings. The monoisotopic (exact) mass is 299 g/mol. The van der Waals surface area contributed by atoms with Crippen molar-refractivity contribution in [1.82, 2.24) is 15.2 Å². The first kappa shape index (κ1) is 14.8. The van der Waals surface area contributed by atoms with Crippen molar-refractivity contribution in [3.05, 3.63) is 42.3 Å². The number of amides is 1. The molecule has 2 heterocycles. The number of rotatable bonds is 5. The van der Waals surface area contributed by atoms with Crippen molar-refractivity contribution >= 4 is 5.91 Å². The first-order chi connectivity index (χ1) is 10.8. The molecule has 5 nitrogen and oxygen atoms in total. The Balaban J connectivity index is 1.60. The van der Waals surface area contributed by atoms with E-state index in [1.807, 2.05) is 30.3 Å². The van der Waals surface area contributed by atoms with E-state index in [-0.39, 0.29) is 5.91 Å². The van der Waals surface area contributed by atoms with E-state index in [2.05, 4.69) is 22.1 Å². The van der Waals surface area contributed by atoms with E-state index >= 15 is 0 Å². The molecular weight excluding hydrogens is 278 g/mol. The molecule has 1 aromatic heterocycles. The maximum atomic E-state index is 12.2. The Morgan fingerprint density at radius 3 is 3.00 bits per heavy atom. The largest absolute Gasteiger partial charge is 0.444 e. The van der Waals surface area contributed by atoms with Crippen LogP contribution in [-0.4, -0.2) is 41.5 Å². The van der Waals surface area contributed by atoms with E-state index < -0.39 is 0 Å². The zero-order valence-electron chi connectivity index (χ0n) is 12.8. The molecule has 1 atom stereocenters. The van der Waals surface area contributed by atoms with Gasteiger partial charge >= 0.3 is 0 Å². The van der Waals surface area contributed by atoms with Gasteiger partial charge in [-0.2, -0.15) is 0 Å². The van der Waals surface area contributed by atoms with E-state index in [1.165, 1.54) is 12.7 Å². The highest BCUT2D eigenvalue weighted by Gasteiger charge is 2.23. The maximum absolute atomic E-state index is 12.2. The van der Waals surface area contributed by atoms with Crippen molar-refractivity contribution in [2.45, 2.75) is 25.8 Å². The number of benzene rings is 1. The van der Waals surface area contributed by atoms with Crippen LogP contribution in [0.5, 0.6) is 0 Å². The smallest absolute Gasteiger partial charge is 0.273 e. The van der Waals surface area contributed by atoms with Crippen LogP contribution in [0.15, 0.2) is 41.0 Å². The molecule has 0 bridgehead atoms. The molecule has 5 heteroatoms. The van der Waals surface area contributed by atoms with Crippen LogP contribution < -0.4 is 5.32 Å². The summed E-state index contributed by atoms with van der Waals surface area (Å²) >= 11 is 0. The lowest BCUT2D eigenvalue weighted by molar-refractivity contribution is 0.0936. The van der Waals surface area contributed by atoms with Gasteiger partial charge in [0.2, 0.25) is 5.89 Å².